The van der Waals surface area contributed by atoms with E-state index in [9.17, 15) is 4.79 Å². The molecule has 1 saturated heterocycles. The predicted octanol–water partition coefficient (Wildman–Crippen LogP) is 2.35. The van der Waals surface area contributed by atoms with Crippen molar-refractivity contribution in [3.05, 3.63) is 47.7 Å². The number of carbonyl (C=O) groups excluding carboxylic acids is 1. The van der Waals surface area contributed by atoms with Gasteiger partial charge in [-0.1, -0.05) is 6.07 Å². The lowest BCUT2D eigenvalue weighted by Crippen LogP contribution is -2.45. The quantitative estimate of drug-likeness (QED) is 0.892. The van der Waals surface area contributed by atoms with Crippen LogP contribution in [0.4, 0.5) is 5.82 Å². The summed E-state index contributed by atoms with van der Waals surface area (Å²) < 4.78 is 16.3. The van der Waals surface area contributed by atoms with Crippen molar-refractivity contribution in [3.63, 3.8) is 0 Å². The monoisotopic (exact) mass is 369 g/mol. The van der Waals surface area contributed by atoms with Crippen LogP contribution in [-0.4, -0.2) is 43.0 Å². The Kier molecular flexibility index (Phi) is 4.85. The minimum atomic E-state index is -0.159. The van der Waals surface area contributed by atoms with Crippen molar-refractivity contribution in [2.45, 2.75) is 32.6 Å². The zero-order chi connectivity index (χ0) is 18.8. The number of rotatable bonds is 4. The van der Waals surface area contributed by atoms with Gasteiger partial charge in [0.2, 0.25) is 6.79 Å². The molecule has 0 spiro atoms. The summed E-state index contributed by atoms with van der Waals surface area (Å²) in [6.07, 6.45) is 2.19. The van der Waals surface area contributed by atoms with Gasteiger partial charge in [0, 0.05) is 31.4 Å². The van der Waals surface area contributed by atoms with E-state index in [1.165, 1.54) is 0 Å². The number of fused-ring (bicyclic) bond motifs is 1. The molecule has 0 radical (unpaired) electrons. The normalized spacial score (nSPS) is 21.2. The second-order valence-corrected chi connectivity index (χ2v) is 6.94. The second kappa shape index (κ2) is 7.44. The van der Waals surface area contributed by atoms with Gasteiger partial charge in [-0.15, -0.1) is 0 Å². The van der Waals surface area contributed by atoms with Gasteiger partial charge >= 0.3 is 0 Å². The van der Waals surface area contributed by atoms with E-state index in [4.69, 9.17) is 14.2 Å². The van der Waals surface area contributed by atoms with Crippen LogP contribution < -0.4 is 19.7 Å². The zero-order valence-corrected chi connectivity index (χ0v) is 15.5. The molecule has 3 heterocycles. The van der Waals surface area contributed by atoms with Gasteiger partial charge in [0.1, 0.15) is 5.82 Å². The maximum Gasteiger partial charge on any atom is 0.251 e. The fourth-order valence-electron chi connectivity index (χ4n) is 3.40. The highest BCUT2D eigenvalue weighted by atomic mass is 16.7. The topological polar surface area (TPSA) is 72.9 Å². The first-order chi connectivity index (χ1) is 13.1. The molecule has 2 aromatic rings. The molecule has 7 heteroatoms. The van der Waals surface area contributed by atoms with E-state index in [1.54, 1.807) is 24.4 Å². The highest BCUT2D eigenvalue weighted by Crippen LogP contribution is 2.32. The lowest BCUT2D eigenvalue weighted by Gasteiger charge is -2.36. The number of hydrogen-bond acceptors (Lipinski definition) is 6. The van der Waals surface area contributed by atoms with Gasteiger partial charge in [0.05, 0.1) is 12.2 Å². The Bertz CT molecular complexity index is 814. The van der Waals surface area contributed by atoms with Crippen LogP contribution in [0.2, 0.25) is 0 Å². The van der Waals surface area contributed by atoms with E-state index in [1.807, 2.05) is 12.1 Å². The van der Waals surface area contributed by atoms with Crippen molar-refractivity contribution < 1.29 is 19.0 Å². The Morgan fingerprint density at radius 1 is 1.15 bits per heavy atom. The average molecular weight is 369 g/mol. The molecule has 2 aliphatic rings. The number of morpholine rings is 1. The Balaban J connectivity index is 1.35. The van der Waals surface area contributed by atoms with Crippen LogP contribution in [0.3, 0.4) is 0 Å². The fourth-order valence-corrected chi connectivity index (χ4v) is 3.40. The number of carbonyl (C=O) groups is 1. The number of nitrogens with one attached hydrogen (secondary N) is 1. The lowest BCUT2D eigenvalue weighted by molar-refractivity contribution is -0.00546. The predicted molar refractivity (Wildman–Crippen MR) is 100 cm³/mol. The van der Waals surface area contributed by atoms with E-state index in [0.717, 1.165) is 24.5 Å². The minimum Gasteiger partial charge on any atom is -0.454 e. The number of benzene rings is 1. The van der Waals surface area contributed by atoms with Crippen molar-refractivity contribution >= 4 is 11.7 Å². The van der Waals surface area contributed by atoms with Crippen LogP contribution >= 0.6 is 0 Å². The van der Waals surface area contributed by atoms with Gasteiger partial charge in [0.15, 0.2) is 11.5 Å². The summed E-state index contributed by atoms with van der Waals surface area (Å²) >= 11 is 0. The van der Waals surface area contributed by atoms with Crippen LogP contribution in [0, 0.1) is 0 Å². The van der Waals surface area contributed by atoms with E-state index in [2.05, 4.69) is 29.0 Å². The molecule has 7 nitrogen and oxygen atoms in total. The molecule has 0 bridgehead atoms. The number of pyridine rings is 1. The first-order valence-corrected chi connectivity index (χ1v) is 9.11. The van der Waals surface area contributed by atoms with Gasteiger partial charge in [-0.2, -0.15) is 0 Å². The molecule has 0 saturated carbocycles. The van der Waals surface area contributed by atoms with Gasteiger partial charge in [-0.05, 0) is 43.7 Å². The third-order valence-electron chi connectivity index (χ3n) is 4.64. The molecular weight excluding hydrogens is 346 g/mol. The smallest absolute Gasteiger partial charge is 0.251 e. The maximum absolute atomic E-state index is 12.4. The molecule has 2 aliphatic heterocycles. The van der Waals surface area contributed by atoms with Crippen molar-refractivity contribution in [2.75, 3.05) is 24.8 Å². The third-order valence-corrected chi connectivity index (χ3v) is 4.64. The van der Waals surface area contributed by atoms with Crippen molar-refractivity contribution in [1.29, 1.82) is 0 Å². The number of hydrogen-bond donors (Lipinski definition) is 1. The van der Waals surface area contributed by atoms with Crippen molar-refractivity contribution in [1.82, 2.24) is 10.3 Å². The van der Waals surface area contributed by atoms with Gasteiger partial charge in [-0.3, -0.25) is 4.79 Å². The van der Waals surface area contributed by atoms with E-state index in [-0.39, 0.29) is 24.9 Å². The molecule has 0 unspecified atom stereocenters. The standard InChI is InChI=1S/C20H23N3O4/c1-13-10-23(11-14(2)27-13)19-6-3-15(8-21-19)9-22-20(24)16-4-5-17-18(7-16)26-12-25-17/h3-8,13-14H,9-12H2,1-2H3,(H,22,24)/t13-,14-/m1/s1. The summed E-state index contributed by atoms with van der Waals surface area (Å²) in [6.45, 7) is 6.41. The molecule has 1 fully saturated rings. The van der Waals surface area contributed by atoms with Crippen LogP contribution in [-0.2, 0) is 11.3 Å². The Labute approximate surface area is 158 Å². The highest BCUT2D eigenvalue weighted by Gasteiger charge is 2.23. The molecule has 2 atom stereocenters. The number of anilines is 1. The number of nitrogens with zero attached hydrogens (tertiary/aromatic N) is 2. The Morgan fingerprint density at radius 2 is 1.93 bits per heavy atom. The lowest BCUT2D eigenvalue weighted by atomic mass is 10.2. The van der Waals surface area contributed by atoms with Gasteiger partial charge < -0.3 is 24.4 Å². The molecule has 1 aromatic carbocycles. The fraction of sp³-hybridized carbons (Fsp3) is 0.400. The molecule has 1 aromatic heterocycles. The van der Waals surface area contributed by atoms with Crippen molar-refractivity contribution in [2.24, 2.45) is 0 Å². The third kappa shape index (κ3) is 3.98. The number of ether oxygens (including phenoxy) is 3. The first kappa shape index (κ1) is 17.6. The summed E-state index contributed by atoms with van der Waals surface area (Å²) in [5.74, 6) is 2.04. The van der Waals surface area contributed by atoms with E-state index in [0.29, 0.717) is 23.6 Å². The van der Waals surface area contributed by atoms with Crippen LogP contribution in [0.25, 0.3) is 0 Å². The summed E-state index contributed by atoms with van der Waals surface area (Å²) in [7, 11) is 0. The van der Waals surface area contributed by atoms with Crippen molar-refractivity contribution in [3.8, 4) is 11.5 Å². The molecule has 27 heavy (non-hydrogen) atoms. The minimum absolute atomic E-state index is 0.159. The number of amides is 1. The maximum atomic E-state index is 12.4. The SMILES string of the molecule is C[C@@H]1CN(c2ccc(CNC(=O)c3ccc4c(c3)OCO4)cn2)C[C@@H](C)O1. The second-order valence-electron chi connectivity index (χ2n) is 6.94. The molecular formula is C20H23N3O4. The molecule has 1 amide bonds. The van der Waals surface area contributed by atoms with E-state index >= 15 is 0 Å². The molecule has 1 N–H and O–H groups in total. The Hall–Kier alpha value is -2.80. The van der Waals surface area contributed by atoms with Crippen LogP contribution in [0.15, 0.2) is 36.5 Å². The summed E-state index contributed by atoms with van der Waals surface area (Å²) in [6, 6.07) is 9.16. The molecule has 0 aliphatic carbocycles. The Morgan fingerprint density at radius 3 is 2.67 bits per heavy atom. The number of aromatic nitrogens is 1. The average Bonchev–Trinajstić information content (AvgIpc) is 3.13. The molecule has 142 valence electrons. The largest absolute Gasteiger partial charge is 0.454 e. The summed E-state index contributed by atoms with van der Waals surface area (Å²) in [5, 5.41) is 2.91. The summed E-state index contributed by atoms with van der Waals surface area (Å²) in [5.41, 5.74) is 1.49. The van der Waals surface area contributed by atoms with Crippen LogP contribution in [0.5, 0.6) is 11.5 Å². The van der Waals surface area contributed by atoms with Gasteiger partial charge in [-0.25, -0.2) is 4.98 Å². The van der Waals surface area contributed by atoms with Crippen LogP contribution in [0.1, 0.15) is 29.8 Å². The highest BCUT2D eigenvalue weighted by molar-refractivity contribution is 5.94. The van der Waals surface area contributed by atoms with Gasteiger partial charge in [0.25, 0.3) is 5.91 Å². The van der Waals surface area contributed by atoms with E-state index < -0.39 is 0 Å². The first-order valence-electron chi connectivity index (χ1n) is 9.11. The molecule has 4 rings (SSSR count). The zero-order valence-electron chi connectivity index (χ0n) is 15.5. The summed E-state index contributed by atoms with van der Waals surface area (Å²) in [4.78, 5) is 19.1.